The van der Waals surface area contributed by atoms with E-state index in [4.69, 9.17) is 0 Å². The van der Waals surface area contributed by atoms with E-state index >= 15 is 0 Å². The molecule has 0 radical (unpaired) electrons. The predicted molar refractivity (Wildman–Crippen MR) is 63.7 cm³/mol. The summed E-state index contributed by atoms with van der Waals surface area (Å²) in [7, 11) is -4.45. The molecule has 1 rings (SSSR count). The van der Waals surface area contributed by atoms with Crippen LogP contribution in [-0.4, -0.2) is 26.1 Å². The summed E-state index contributed by atoms with van der Waals surface area (Å²) >= 11 is 0. The van der Waals surface area contributed by atoms with Crippen LogP contribution in [0.4, 0.5) is 18.9 Å². The van der Waals surface area contributed by atoms with Crippen LogP contribution in [0.3, 0.4) is 0 Å². The standard InChI is InChI=1S/C10H11F3N2O4S/c1-2-7-3-4-8(5-9(7)15(16)17)20(18,19)14-6-10(11,12)13/h3-5,14H,2,6H2,1H3. The van der Waals surface area contributed by atoms with E-state index in [0.29, 0.717) is 12.0 Å². The maximum Gasteiger partial charge on any atom is 0.402 e. The SMILES string of the molecule is CCc1ccc(S(=O)(=O)NCC(F)(F)F)cc1[N+](=O)[O-]. The van der Waals surface area contributed by atoms with Crippen molar-refractivity contribution in [3.05, 3.63) is 33.9 Å². The van der Waals surface area contributed by atoms with Gasteiger partial charge < -0.3 is 0 Å². The molecule has 10 heteroatoms. The van der Waals surface area contributed by atoms with Gasteiger partial charge in [-0.1, -0.05) is 13.0 Å². The first-order chi connectivity index (χ1) is 9.07. The summed E-state index contributed by atoms with van der Waals surface area (Å²) in [6, 6.07) is 2.99. The van der Waals surface area contributed by atoms with Gasteiger partial charge in [0.25, 0.3) is 5.69 Å². The van der Waals surface area contributed by atoms with Crippen molar-refractivity contribution < 1.29 is 26.5 Å². The highest BCUT2D eigenvalue weighted by Crippen LogP contribution is 2.24. The second-order valence-electron chi connectivity index (χ2n) is 3.84. The van der Waals surface area contributed by atoms with Crippen LogP contribution in [-0.2, 0) is 16.4 Å². The Bertz CT molecular complexity index is 613. The molecular formula is C10H11F3N2O4S. The highest BCUT2D eigenvalue weighted by Gasteiger charge is 2.30. The summed E-state index contributed by atoms with van der Waals surface area (Å²) in [5, 5.41) is 10.8. The van der Waals surface area contributed by atoms with E-state index in [1.165, 1.54) is 10.8 Å². The molecule has 0 aromatic heterocycles. The summed E-state index contributed by atoms with van der Waals surface area (Å²) in [5.74, 6) is 0. The van der Waals surface area contributed by atoms with Crippen molar-refractivity contribution in [3.8, 4) is 0 Å². The van der Waals surface area contributed by atoms with Crippen LogP contribution in [0.5, 0.6) is 0 Å². The highest BCUT2D eigenvalue weighted by atomic mass is 32.2. The first kappa shape index (κ1) is 16.4. The molecule has 0 aliphatic rings. The topological polar surface area (TPSA) is 89.3 Å². The molecule has 0 bridgehead atoms. The fourth-order valence-electron chi connectivity index (χ4n) is 1.44. The largest absolute Gasteiger partial charge is 0.402 e. The number of hydrogen-bond donors (Lipinski definition) is 1. The minimum Gasteiger partial charge on any atom is -0.258 e. The van der Waals surface area contributed by atoms with Gasteiger partial charge in [-0.2, -0.15) is 13.2 Å². The number of hydrogen-bond acceptors (Lipinski definition) is 4. The number of halogens is 3. The molecule has 0 aliphatic heterocycles. The fraction of sp³-hybridized carbons (Fsp3) is 0.400. The lowest BCUT2D eigenvalue weighted by atomic mass is 10.1. The number of alkyl halides is 3. The summed E-state index contributed by atoms with van der Waals surface area (Å²) in [6.07, 6.45) is -4.41. The fourth-order valence-corrected chi connectivity index (χ4v) is 2.47. The molecule has 20 heavy (non-hydrogen) atoms. The van der Waals surface area contributed by atoms with Crippen LogP contribution in [0.1, 0.15) is 12.5 Å². The number of nitro benzene ring substituents is 1. The molecule has 0 atom stereocenters. The minimum atomic E-state index is -4.71. The summed E-state index contributed by atoms with van der Waals surface area (Å²) in [4.78, 5) is 9.43. The van der Waals surface area contributed by atoms with E-state index in [1.807, 2.05) is 0 Å². The van der Waals surface area contributed by atoms with E-state index in [2.05, 4.69) is 0 Å². The van der Waals surface area contributed by atoms with Gasteiger partial charge in [0.05, 0.1) is 9.82 Å². The lowest BCUT2D eigenvalue weighted by Gasteiger charge is -2.10. The van der Waals surface area contributed by atoms with Crippen molar-refractivity contribution in [2.24, 2.45) is 0 Å². The average molecular weight is 312 g/mol. The Labute approximate surface area is 112 Å². The van der Waals surface area contributed by atoms with Gasteiger partial charge in [-0.3, -0.25) is 10.1 Å². The van der Waals surface area contributed by atoms with E-state index in [1.54, 1.807) is 6.92 Å². The molecular weight excluding hydrogens is 301 g/mol. The number of benzene rings is 1. The van der Waals surface area contributed by atoms with Crippen LogP contribution < -0.4 is 4.72 Å². The summed E-state index contributed by atoms with van der Waals surface area (Å²) in [5.41, 5.74) is -0.146. The first-order valence-corrected chi connectivity index (χ1v) is 6.89. The lowest BCUT2D eigenvalue weighted by Crippen LogP contribution is -2.33. The maximum absolute atomic E-state index is 12.0. The van der Waals surface area contributed by atoms with E-state index in [-0.39, 0.29) is 0 Å². The molecule has 0 spiro atoms. The van der Waals surface area contributed by atoms with Crippen molar-refractivity contribution in [3.63, 3.8) is 0 Å². The number of sulfonamides is 1. The Hall–Kier alpha value is -1.68. The Morgan fingerprint density at radius 1 is 1.35 bits per heavy atom. The first-order valence-electron chi connectivity index (χ1n) is 5.40. The van der Waals surface area contributed by atoms with Crippen molar-refractivity contribution in [1.82, 2.24) is 4.72 Å². The third-order valence-corrected chi connectivity index (χ3v) is 3.81. The highest BCUT2D eigenvalue weighted by molar-refractivity contribution is 7.89. The van der Waals surface area contributed by atoms with Crippen LogP contribution in [0.25, 0.3) is 0 Å². The number of aryl methyl sites for hydroxylation is 1. The van der Waals surface area contributed by atoms with Crippen LogP contribution in [0.2, 0.25) is 0 Å². The molecule has 112 valence electrons. The van der Waals surface area contributed by atoms with Crippen LogP contribution >= 0.6 is 0 Å². The third-order valence-electron chi connectivity index (χ3n) is 2.41. The second kappa shape index (κ2) is 5.75. The molecule has 1 N–H and O–H groups in total. The van der Waals surface area contributed by atoms with E-state index in [0.717, 1.165) is 12.1 Å². The van der Waals surface area contributed by atoms with Gasteiger partial charge in [0.1, 0.15) is 6.54 Å². The Morgan fingerprint density at radius 2 is 1.95 bits per heavy atom. The number of rotatable bonds is 5. The zero-order valence-electron chi connectivity index (χ0n) is 10.3. The Balaban J connectivity index is 3.13. The molecule has 0 saturated carbocycles. The van der Waals surface area contributed by atoms with Gasteiger partial charge in [-0.05, 0) is 12.5 Å². The van der Waals surface area contributed by atoms with Gasteiger partial charge in [0.15, 0.2) is 0 Å². The Kier molecular flexibility index (Phi) is 4.71. The van der Waals surface area contributed by atoms with Crippen molar-refractivity contribution in [2.45, 2.75) is 24.4 Å². The zero-order chi connectivity index (χ0) is 15.6. The smallest absolute Gasteiger partial charge is 0.258 e. The van der Waals surface area contributed by atoms with Gasteiger partial charge in [-0.25, -0.2) is 13.1 Å². The number of nitro groups is 1. The third kappa shape index (κ3) is 4.17. The summed E-state index contributed by atoms with van der Waals surface area (Å²) < 4.78 is 60.6. The van der Waals surface area contributed by atoms with Gasteiger partial charge >= 0.3 is 6.18 Å². The van der Waals surface area contributed by atoms with Gasteiger partial charge in [-0.15, -0.1) is 0 Å². The normalized spacial score (nSPS) is 12.4. The quantitative estimate of drug-likeness (QED) is 0.665. The van der Waals surface area contributed by atoms with E-state index < -0.39 is 38.3 Å². The number of nitrogens with zero attached hydrogens (tertiary/aromatic N) is 1. The molecule has 0 aliphatic carbocycles. The molecule has 1 aromatic carbocycles. The predicted octanol–water partition coefficient (Wildman–Crippen LogP) is 2.00. The number of nitrogens with one attached hydrogen (secondary N) is 1. The molecule has 0 unspecified atom stereocenters. The monoisotopic (exact) mass is 312 g/mol. The molecule has 0 saturated heterocycles. The Morgan fingerprint density at radius 3 is 2.40 bits per heavy atom. The second-order valence-corrected chi connectivity index (χ2v) is 5.61. The van der Waals surface area contributed by atoms with Crippen LogP contribution in [0, 0.1) is 10.1 Å². The van der Waals surface area contributed by atoms with Gasteiger partial charge in [0.2, 0.25) is 10.0 Å². The summed E-state index contributed by atoms with van der Waals surface area (Å²) in [6.45, 7) is -0.100. The molecule has 0 amide bonds. The molecule has 6 nitrogen and oxygen atoms in total. The maximum atomic E-state index is 12.0. The zero-order valence-corrected chi connectivity index (χ0v) is 11.1. The van der Waals surface area contributed by atoms with Crippen LogP contribution in [0.15, 0.2) is 23.1 Å². The molecule has 0 fully saturated rings. The minimum absolute atomic E-state index is 0.296. The van der Waals surface area contributed by atoms with Crippen molar-refractivity contribution >= 4 is 15.7 Å². The van der Waals surface area contributed by atoms with Crippen molar-refractivity contribution in [1.29, 1.82) is 0 Å². The molecule has 1 aromatic rings. The lowest BCUT2D eigenvalue weighted by molar-refractivity contribution is -0.385. The van der Waals surface area contributed by atoms with E-state index in [9.17, 15) is 31.7 Å². The van der Waals surface area contributed by atoms with Crippen molar-refractivity contribution in [2.75, 3.05) is 6.54 Å². The molecule has 0 heterocycles. The van der Waals surface area contributed by atoms with Gasteiger partial charge in [0, 0.05) is 11.6 Å². The average Bonchev–Trinajstić information content (AvgIpc) is 2.35.